The van der Waals surface area contributed by atoms with E-state index in [9.17, 15) is 14.4 Å². The van der Waals surface area contributed by atoms with Crippen LogP contribution in [0, 0.1) is 5.41 Å². The van der Waals surface area contributed by atoms with E-state index in [0.717, 1.165) is 34.2 Å². The molecule has 0 saturated heterocycles. The van der Waals surface area contributed by atoms with Crippen LogP contribution in [-0.4, -0.2) is 57.4 Å². The van der Waals surface area contributed by atoms with E-state index in [1.165, 1.54) is 5.56 Å². The zero-order valence-electron chi connectivity index (χ0n) is 30.3. The van der Waals surface area contributed by atoms with Gasteiger partial charge in [0.05, 0.1) is 24.7 Å². The topological polar surface area (TPSA) is 167 Å². The summed E-state index contributed by atoms with van der Waals surface area (Å²) >= 11 is 0. The van der Waals surface area contributed by atoms with Crippen LogP contribution < -0.4 is 27.4 Å². The van der Waals surface area contributed by atoms with Gasteiger partial charge >= 0.3 is 17.9 Å². The summed E-state index contributed by atoms with van der Waals surface area (Å²) in [6.07, 6.45) is 1.94. The van der Waals surface area contributed by atoms with Crippen molar-refractivity contribution in [3.8, 4) is 0 Å². The number of nitrogens with two attached hydrogens (primary N) is 2. The van der Waals surface area contributed by atoms with Crippen molar-refractivity contribution < 1.29 is 28.6 Å². The summed E-state index contributed by atoms with van der Waals surface area (Å²) < 4.78 is 17.0. The van der Waals surface area contributed by atoms with E-state index in [0.29, 0.717) is 58.8 Å². The highest BCUT2D eigenvalue weighted by Crippen LogP contribution is 2.25. The lowest BCUT2D eigenvalue weighted by atomic mass is 9.88. The van der Waals surface area contributed by atoms with Crippen LogP contribution in [0.5, 0.6) is 0 Å². The van der Waals surface area contributed by atoms with Crippen molar-refractivity contribution in [3.05, 3.63) is 106 Å². The maximum Gasteiger partial charge on any atom is 0.307 e. The minimum absolute atomic E-state index is 0.0462. The van der Waals surface area contributed by atoms with Gasteiger partial charge in [-0.3, -0.25) is 14.4 Å². The molecule has 278 valence electrons. The third-order valence-electron chi connectivity index (χ3n) is 8.82. The first-order chi connectivity index (χ1) is 24.8. The molecule has 0 aliphatic heterocycles. The van der Waals surface area contributed by atoms with E-state index in [1.807, 2.05) is 55.5 Å². The number of esters is 3. The monoisotopic (exact) mass is 703 g/mol. The van der Waals surface area contributed by atoms with E-state index in [4.69, 9.17) is 25.7 Å². The molecule has 3 aromatic rings. The van der Waals surface area contributed by atoms with Crippen LogP contribution in [0.25, 0.3) is 0 Å². The minimum atomic E-state index is -0.883. The van der Waals surface area contributed by atoms with Gasteiger partial charge < -0.3 is 41.6 Å². The molecule has 0 fully saturated rings. The van der Waals surface area contributed by atoms with Gasteiger partial charge in [0, 0.05) is 52.4 Å². The van der Waals surface area contributed by atoms with Crippen LogP contribution in [0.3, 0.4) is 0 Å². The van der Waals surface area contributed by atoms with E-state index in [1.54, 1.807) is 0 Å². The Kier molecular flexibility index (Phi) is 18.9. The van der Waals surface area contributed by atoms with Gasteiger partial charge in [-0.25, -0.2) is 0 Å². The molecular weight excluding hydrogens is 646 g/mol. The lowest BCUT2D eigenvalue weighted by Gasteiger charge is -2.31. The molecule has 0 radical (unpaired) electrons. The van der Waals surface area contributed by atoms with E-state index < -0.39 is 17.4 Å². The van der Waals surface area contributed by atoms with Crippen molar-refractivity contribution in [3.63, 3.8) is 0 Å². The van der Waals surface area contributed by atoms with E-state index in [-0.39, 0.29) is 45.1 Å². The fourth-order valence-corrected chi connectivity index (χ4v) is 5.10. The zero-order valence-corrected chi connectivity index (χ0v) is 30.3. The quantitative estimate of drug-likeness (QED) is 0.0491. The first kappa shape index (κ1) is 41.3. The predicted octanol–water partition coefficient (Wildman–Crippen LogP) is 4.03. The summed E-state index contributed by atoms with van der Waals surface area (Å²) in [4.78, 5) is 38.2. The number of carbonyl (C=O) groups excluding carboxylic acids is 3. The average Bonchev–Trinajstić information content (AvgIpc) is 3.17. The smallest absolute Gasteiger partial charge is 0.307 e. The molecule has 11 heteroatoms. The second kappa shape index (κ2) is 23.4. The number of aryl methyl sites for hydroxylation is 1. The summed E-state index contributed by atoms with van der Waals surface area (Å²) in [6.45, 7) is 8.03. The maximum absolute atomic E-state index is 12.7. The molecule has 11 nitrogen and oxygen atoms in total. The van der Waals surface area contributed by atoms with E-state index >= 15 is 0 Å². The summed E-state index contributed by atoms with van der Waals surface area (Å²) in [5, 5.41) is 9.79. The highest BCUT2D eigenvalue weighted by molar-refractivity contribution is 5.70. The van der Waals surface area contributed by atoms with Gasteiger partial charge in [-0.15, -0.1) is 0 Å². The molecule has 3 rings (SSSR count). The number of nitrogens with one attached hydrogen (secondary N) is 3. The van der Waals surface area contributed by atoms with Gasteiger partial charge in [0.1, 0.15) is 19.8 Å². The Hall–Kier alpha value is -4.13. The number of rotatable bonds is 25. The van der Waals surface area contributed by atoms with Crippen LogP contribution in [0.15, 0.2) is 72.8 Å². The lowest BCUT2D eigenvalue weighted by Crippen LogP contribution is -2.39. The Morgan fingerprint density at radius 1 is 0.510 bits per heavy atom. The third-order valence-corrected chi connectivity index (χ3v) is 8.82. The Bertz CT molecular complexity index is 1270. The number of ether oxygens (including phenoxy) is 3. The molecule has 0 bridgehead atoms. The highest BCUT2D eigenvalue weighted by Gasteiger charge is 2.34. The van der Waals surface area contributed by atoms with Crippen LogP contribution in [-0.2, 0) is 67.7 Å². The fraction of sp³-hybridized carbons (Fsp3) is 0.475. The molecule has 0 amide bonds. The van der Waals surface area contributed by atoms with Gasteiger partial charge in [-0.1, -0.05) is 86.6 Å². The largest absolute Gasteiger partial charge is 0.465 e. The lowest BCUT2D eigenvalue weighted by molar-refractivity contribution is -0.162. The van der Waals surface area contributed by atoms with E-state index in [2.05, 4.69) is 47.1 Å². The van der Waals surface area contributed by atoms with Crippen molar-refractivity contribution in [2.24, 2.45) is 16.9 Å². The van der Waals surface area contributed by atoms with Crippen molar-refractivity contribution >= 4 is 17.9 Å². The average molecular weight is 704 g/mol. The molecule has 3 aromatic carbocycles. The maximum atomic E-state index is 12.7. The molecule has 0 aliphatic rings. The van der Waals surface area contributed by atoms with Crippen molar-refractivity contribution in [2.45, 2.75) is 78.7 Å². The van der Waals surface area contributed by atoms with Gasteiger partial charge in [0.25, 0.3) is 0 Å². The summed E-state index contributed by atoms with van der Waals surface area (Å²) in [7, 11) is 0. The molecule has 0 aliphatic carbocycles. The second-order valence-electron chi connectivity index (χ2n) is 12.8. The van der Waals surface area contributed by atoms with Crippen molar-refractivity contribution in [1.82, 2.24) is 16.0 Å². The second-order valence-corrected chi connectivity index (χ2v) is 12.8. The number of benzene rings is 3. The summed E-state index contributed by atoms with van der Waals surface area (Å²) in [5.74, 6) is -1.17. The normalized spacial score (nSPS) is 11.3. The van der Waals surface area contributed by atoms with Crippen LogP contribution in [0.4, 0.5) is 0 Å². The highest BCUT2D eigenvalue weighted by atomic mass is 16.6. The third kappa shape index (κ3) is 16.2. The van der Waals surface area contributed by atoms with Gasteiger partial charge in [-0.2, -0.15) is 0 Å². The van der Waals surface area contributed by atoms with Crippen molar-refractivity contribution in [1.29, 1.82) is 0 Å². The predicted molar refractivity (Wildman–Crippen MR) is 199 cm³/mol. The number of hydrogen-bond donors (Lipinski definition) is 5. The Balaban J connectivity index is 1.46. The Morgan fingerprint density at radius 3 is 1.08 bits per heavy atom. The van der Waals surface area contributed by atoms with Crippen LogP contribution in [0.1, 0.15) is 72.9 Å². The molecular formula is C40H57N5O6. The molecule has 0 saturated carbocycles. The molecule has 0 heterocycles. The Labute approximate surface area is 303 Å². The fourth-order valence-electron chi connectivity index (χ4n) is 5.10. The summed E-state index contributed by atoms with van der Waals surface area (Å²) in [6, 6.07) is 24.3. The molecule has 0 spiro atoms. The molecule has 0 unspecified atom stereocenters. The van der Waals surface area contributed by atoms with Crippen LogP contribution in [0.2, 0.25) is 0 Å². The minimum Gasteiger partial charge on any atom is -0.465 e. The van der Waals surface area contributed by atoms with Gasteiger partial charge in [-0.05, 0) is 46.2 Å². The van der Waals surface area contributed by atoms with Crippen LogP contribution >= 0.6 is 0 Å². The SMILES string of the molecule is CCc1ccc(CNCCC(=O)OCC(CC)(COC(=O)CCNCc2ccc(CN)cc2)COC(=O)CCNCc2ccc(CN)cc2)cc1. The molecule has 51 heavy (non-hydrogen) atoms. The Morgan fingerprint density at radius 2 is 0.804 bits per heavy atom. The standard InChI is InChI=1S/C40H57N5O6/c1-3-31-5-11-34(12-6-31)25-43-20-17-37(46)49-28-40(4-2,29-50-38(47)18-21-44-26-35-13-7-32(23-41)8-14-35)30-51-39(48)19-22-45-27-36-15-9-33(24-42)10-16-36/h5-16,43-45H,3-4,17-30,41-42H2,1-2H3. The zero-order chi connectivity index (χ0) is 36.7. The molecule has 0 aromatic heterocycles. The van der Waals surface area contributed by atoms with Gasteiger partial charge in [0.2, 0.25) is 0 Å². The number of hydrogen-bond acceptors (Lipinski definition) is 11. The number of carbonyl (C=O) groups is 3. The molecule has 0 atom stereocenters. The van der Waals surface area contributed by atoms with Crippen molar-refractivity contribution in [2.75, 3.05) is 39.5 Å². The van der Waals surface area contributed by atoms with Gasteiger partial charge in [0.15, 0.2) is 0 Å². The first-order valence-electron chi connectivity index (χ1n) is 18.0. The summed E-state index contributed by atoms with van der Waals surface area (Å²) in [5.41, 5.74) is 17.2. The molecule has 7 N–H and O–H groups in total. The first-order valence-corrected chi connectivity index (χ1v) is 18.0.